The third kappa shape index (κ3) is 5.84. The molecule has 3 aromatic rings. The van der Waals surface area contributed by atoms with Crippen molar-refractivity contribution >= 4 is 55.8 Å². The number of para-hydroxylation sites is 1. The number of amides is 5. The van der Waals surface area contributed by atoms with Gasteiger partial charge in [0, 0.05) is 45.1 Å². The van der Waals surface area contributed by atoms with Gasteiger partial charge in [-0.3, -0.25) is 24.0 Å². The Morgan fingerprint density at radius 1 is 0.925 bits per heavy atom. The minimum atomic E-state index is -3.86. The first kappa shape index (κ1) is 28.8. The number of fused-ring (bicyclic) bond motifs is 1. The number of nitrogens with one attached hydrogen (secondary N) is 2. The van der Waals surface area contributed by atoms with E-state index in [1.54, 1.807) is 35.2 Å². The van der Waals surface area contributed by atoms with E-state index in [4.69, 9.17) is 0 Å². The standard InChI is InChI=1S/C27H29N5O6S2/c1-17(33)32-15-14-21-22(16-32)39-26(23(21)25(35)29-27(36)30(2)3)28-24(34)18-10-12-20(13-11-18)40(37,38)31(4)19-8-6-5-7-9-19/h5-13H,14-16H2,1-4H3,(H,28,34)(H,29,35,36). The Morgan fingerprint density at radius 3 is 2.17 bits per heavy atom. The highest BCUT2D eigenvalue weighted by molar-refractivity contribution is 7.92. The van der Waals surface area contributed by atoms with E-state index in [1.807, 2.05) is 0 Å². The van der Waals surface area contributed by atoms with Crippen LogP contribution in [0.25, 0.3) is 0 Å². The predicted molar refractivity (Wildman–Crippen MR) is 152 cm³/mol. The highest BCUT2D eigenvalue weighted by Crippen LogP contribution is 2.37. The molecule has 0 saturated heterocycles. The molecule has 1 aliphatic rings. The fourth-order valence-electron chi connectivity index (χ4n) is 4.16. The monoisotopic (exact) mass is 583 g/mol. The van der Waals surface area contributed by atoms with E-state index in [1.165, 1.54) is 57.2 Å². The van der Waals surface area contributed by atoms with Crippen LogP contribution in [-0.4, -0.2) is 69.7 Å². The van der Waals surface area contributed by atoms with Crippen molar-refractivity contribution in [3.05, 3.63) is 76.2 Å². The first-order chi connectivity index (χ1) is 18.9. The molecule has 0 saturated carbocycles. The SMILES string of the molecule is CC(=O)N1CCc2c(sc(NC(=O)c3ccc(S(=O)(=O)N(C)c4ccccc4)cc3)c2C(=O)NC(=O)N(C)C)C1. The van der Waals surface area contributed by atoms with Crippen molar-refractivity contribution in [2.24, 2.45) is 0 Å². The van der Waals surface area contributed by atoms with Crippen LogP contribution in [0.15, 0.2) is 59.5 Å². The summed E-state index contributed by atoms with van der Waals surface area (Å²) in [4.78, 5) is 54.0. The maximum Gasteiger partial charge on any atom is 0.323 e. The number of thiophene rings is 1. The van der Waals surface area contributed by atoms with Crippen molar-refractivity contribution in [1.82, 2.24) is 15.1 Å². The van der Waals surface area contributed by atoms with E-state index < -0.39 is 27.9 Å². The molecule has 13 heteroatoms. The summed E-state index contributed by atoms with van der Waals surface area (Å²) >= 11 is 1.16. The Morgan fingerprint density at radius 2 is 1.57 bits per heavy atom. The summed E-state index contributed by atoms with van der Waals surface area (Å²) < 4.78 is 27.3. The second-order valence-corrected chi connectivity index (χ2v) is 12.4. The van der Waals surface area contributed by atoms with E-state index in [9.17, 15) is 27.6 Å². The van der Waals surface area contributed by atoms with Gasteiger partial charge in [-0.15, -0.1) is 11.3 Å². The number of imide groups is 1. The Balaban J connectivity index is 1.60. The van der Waals surface area contributed by atoms with Gasteiger partial charge < -0.3 is 15.1 Å². The average molecular weight is 584 g/mol. The molecule has 0 fully saturated rings. The van der Waals surface area contributed by atoms with Crippen molar-refractivity contribution < 1.29 is 27.6 Å². The Labute approximate surface area is 236 Å². The molecule has 1 aromatic heterocycles. The van der Waals surface area contributed by atoms with Gasteiger partial charge in [0.1, 0.15) is 5.00 Å². The maximum absolute atomic E-state index is 13.2. The lowest BCUT2D eigenvalue weighted by atomic mass is 10.0. The number of nitrogens with zero attached hydrogens (tertiary/aromatic N) is 3. The number of benzene rings is 2. The zero-order chi connectivity index (χ0) is 29.2. The van der Waals surface area contributed by atoms with E-state index >= 15 is 0 Å². The topological polar surface area (TPSA) is 136 Å². The van der Waals surface area contributed by atoms with Gasteiger partial charge in [0.15, 0.2) is 0 Å². The van der Waals surface area contributed by atoms with Gasteiger partial charge in [-0.1, -0.05) is 18.2 Å². The van der Waals surface area contributed by atoms with Crippen molar-refractivity contribution in [2.45, 2.75) is 24.8 Å². The molecule has 0 unspecified atom stereocenters. The molecule has 5 amide bonds. The van der Waals surface area contributed by atoms with Crippen LogP contribution in [0.2, 0.25) is 0 Å². The number of carbonyl (C=O) groups is 4. The van der Waals surface area contributed by atoms with E-state index in [0.29, 0.717) is 24.2 Å². The molecule has 0 aliphatic carbocycles. The van der Waals surface area contributed by atoms with Crippen LogP contribution >= 0.6 is 11.3 Å². The third-order valence-corrected chi connectivity index (χ3v) is 9.41. The first-order valence-corrected chi connectivity index (χ1v) is 14.5. The van der Waals surface area contributed by atoms with Gasteiger partial charge >= 0.3 is 6.03 Å². The Kier molecular flexibility index (Phi) is 8.26. The Hall–Kier alpha value is -4.23. The second kappa shape index (κ2) is 11.5. The van der Waals surface area contributed by atoms with Crippen LogP contribution in [-0.2, 0) is 27.8 Å². The molecule has 1 aliphatic heterocycles. The first-order valence-electron chi connectivity index (χ1n) is 12.3. The fraction of sp³-hybridized carbons (Fsp3) is 0.259. The number of sulfonamides is 1. The summed E-state index contributed by atoms with van der Waals surface area (Å²) in [5.41, 5.74) is 1.52. The molecule has 4 rings (SSSR count). The van der Waals surface area contributed by atoms with Crippen molar-refractivity contribution in [3.8, 4) is 0 Å². The summed E-state index contributed by atoms with van der Waals surface area (Å²) in [6.07, 6.45) is 0.391. The van der Waals surface area contributed by atoms with Gasteiger partial charge in [-0.05, 0) is 48.4 Å². The highest BCUT2D eigenvalue weighted by Gasteiger charge is 2.31. The second-order valence-electron chi connectivity index (χ2n) is 9.34. The molecule has 2 aromatic carbocycles. The lowest BCUT2D eigenvalue weighted by Crippen LogP contribution is -2.39. The normalized spacial score (nSPS) is 12.8. The van der Waals surface area contributed by atoms with Crippen molar-refractivity contribution in [3.63, 3.8) is 0 Å². The van der Waals surface area contributed by atoms with Gasteiger partial charge in [0.25, 0.3) is 21.8 Å². The van der Waals surface area contributed by atoms with E-state index in [0.717, 1.165) is 20.5 Å². The number of carbonyl (C=O) groups excluding carboxylic acids is 4. The van der Waals surface area contributed by atoms with Gasteiger partial charge in [-0.25, -0.2) is 13.2 Å². The number of urea groups is 1. The minimum Gasteiger partial charge on any atom is -0.337 e. The lowest BCUT2D eigenvalue weighted by Gasteiger charge is -2.26. The molecule has 210 valence electrons. The van der Waals surface area contributed by atoms with Crippen molar-refractivity contribution in [2.75, 3.05) is 37.3 Å². The number of hydrogen-bond donors (Lipinski definition) is 2. The summed E-state index contributed by atoms with van der Waals surface area (Å²) in [6, 6.07) is 13.5. The molecule has 0 radical (unpaired) electrons. The van der Waals surface area contributed by atoms with Gasteiger partial charge in [0.05, 0.1) is 22.7 Å². The fourth-order valence-corrected chi connectivity index (χ4v) is 6.61. The van der Waals surface area contributed by atoms with Gasteiger partial charge in [-0.2, -0.15) is 0 Å². The zero-order valence-corrected chi connectivity index (χ0v) is 24.1. The largest absolute Gasteiger partial charge is 0.337 e. The summed E-state index contributed by atoms with van der Waals surface area (Å²) in [7, 11) is 0.589. The molecule has 0 atom stereocenters. The summed E-state index contributed by atoms with van der Waals surface area (Å²) in [6.45, 7) is 2.16. The van der Waals surface area contributed by atoms with Crippen LogP contribution in [0.4, 0.5) is 15.5 Å². The minimum absolute atomic E-state index is 0.00794. The van der Waals surface area contributed by atoms with Crippen LogP contribution in [0, 0.1) is 0 Å². The molecular weight excluding hydrogens is 554 g/mol. The maximum atomic E-state index is 13.2. The van der Waals surface area contributed by atoms with Crippen molar-refractivity contribution in [1.29, 1.82) is 0 Å². The number of anilines is 2. The van der Waals surface area contributed by atoms with Gasteiger partial charge in [0.2, 0.25) is 5.91 Å². The third-order valence-electron chi connectivity index (χ3n) is 6.48. The van der Waals surface area contributed by atoms with Crippen LogP contribution in [0.1, 0.15) is 38.1 Å². The molecule has 11 nitrogen and oxygen atoms in total. The molecule has 0 spiro atoms. The predicted octanol–water partition coefficient (Wildman–Crippen LogP) is 3.14. The quantitative estimate of drug-likeness (QED) is 0.458. The lowest BCUT2D eigenvalue weighted by molar-refractivity contribution is -0.129. The molecular formula is C27H29N5O6S2. The van der Waals surface area contributed by atoms with Crippen LogP contribution in [0.5, 0.6) is 0 Å². The smallest absolute Gasteiger partial charge is 0.323 e. The highest BCUT2D eigenvalue weighted by atomic mass is 32.2. The van der Waals surface area contributed by atoms with Crippen LogP contribution < -0.4 is 14.9 Å². The molecule has 2 N–H and O–H groups in total. The molecule has 2 heterocycles. The molecule has 0 bridgehead atoms. The van der Waals surface area contributed by atoms with E-state index in [2.05, 4.69) is 10.6 Å². The zero-order valence-electron chi connectivity index (χ0n) is 22.4. The van der Waals surface area contributed by atoms with Crippen LogP contribution in [0.3, 0.4) is 0 Å². The summed E-state index contributed by atoms with van der Waals surface area (Å²) in [5.74, 6) is -1.32. The number of rotatable bonds is 6. The van der Waals surface area contributed by atoms with E-state index in [-0.39, 0.29) is 33.5 Å². The Bertz CT molecular complexity index is 1570. The summed E-state index contributed by atoms with van der Waals surface area (Å²) in [5, 5.41) is 5.31. The average Bonchev–Trinajstić information content (AvgIpc) is 3.30. The molecule has 40 heavy (non-hydrogen) atoms. The number of hydrogen-bond acceptors (Lipinski definition) is 7.